The largest absolute Gasteiger partial charge is 0.444 e. The van der Waals surface area contributed by atoms with E-state index in [-0.39, 0.29) is 32.5 Å². The van der Waals surface area contributed by atoms with Crippen LogP contribution in [0, 0.1) is 0 Å². The number of hydrogen-bond acceptors (Lipinski definition) is 9. The minimum Gasteiger partial charge on any atom is -0.444 e. The Labute approximate surface area is 201 Å². The first-order chi connectivity index (χ1) is 16.2. The van der Waals surface area contributed by atoms with Crippen molar-refractivity contribution in [2.75, 3.05) is 13.1 Å². The average molecular weight is 517 g/mol. The molecular weight excluding hydrogens is 488 g/mol. The molecule has 2 N–H and O–H groups in total. The average Bonchev–Trinajstić information content (AvgIpc) is 3.23. The van der Waals surface area contributed by atoms with Crippen molar-refractivity contribution >= 4 is 28.4 Å². The highest BCUT2D eigenvalue weighted by molar-refractivity contribution is 7.80. The minimum absolute atomic E-state index is 0.0506. The molecule has 3 atom stereocenters. The Morgan fingerprint density at radius 1 is 1.23 bits per heavy atom. The summed E-state index contributed by atoms with van der Waals surface area (Å²) in [6.07, 6.45) is 0.818. The Morgan fingerprint density at radius 3 is 2.60 bits per heavy atom. The third-order valence-corrected chi connectivity index (χ3v) is 6.27. The molecule has 2 saturated heterocycles. The van der Waals surface area contributed by atoms with Crippen molar-refractivity contribution in [3.05, 3.63) is 17.5 Å². The molecule has 0 aromatic carbocycles. The van der Waals surface area contributed by atoms with Gasteiger partial charge in [-0.2, -0.15) is 18.6 Å². The van der Waals surface area contributed by atoms with Crippen molar-refractivity contribution in [3.63, 3.8) is 0 Å². The van der Waals surface area contributed by atoms with Gasteiger partial charge in [0.25, 0.3) is 5.91 Å². The standard InChI is InChI=1S/C19H28N6O9S/c1-19(2,3)32-18(28)23-9-14-12(7-20-22(14)4)15(10-23)33-21-16(26)13-6-5-11-8-24(13)17(27)25(11)34-35(29,30)31/h7,11,13,15H,5-6,8-10H2,1-4H3,(H,21,26)(H,29,30,31)/t11-,13+,15?/m1/s1. The van der Waals surface area contributed by atoms with E-state index >= 15 is 0 Å². The molecule has 4 amide bonds. The van der Waals surface area contributed by atoms with E-state index in [0.29, 0.717) is 10.6 Å². The maximum Gasteiger partial charge on any atom is 0.418 e. The first kappa shape index (κ1) is 25.2. The predicted octanol–water partition coefficient (Wildman–Crippen LogP) is 0.263. The molecule has 2 fully saturated rings. The number of aromatic nitrogens is 2. The normalized spacial score (nSPS) is 24.4. The van der Waals surface area contributed by atoms with Crippen LogP contribution >= 0.6 is 0 Å². The lowest BCUT2D eigenvalue weighted by molar-refractivity contribution is -0.145. The van der Waals surface area contributed by atoms with Gasteiger partial charge in [-0.15, -0.1) is 4.28 Å². The SMILES string of the molecule is Cn1ncc2c1CN(C(=O)OC(C)(C)C)CC2ONC(=O)[C@@H]1CC[C@@H]2CN1C(=O)N2OS(=O)(=O)O. The molecule has 1 aromatic rings. The van der Waals surface area contributed by atoms with Crippen molar-refractivity contribution in [3.8, 4) is 0 Å². The highest BCUT2D eigenvalue weighted by atomic mass is 32.3. The van der Waals surface area contributed by atoms with E-state index in [2.05, 4.69) is 14.9 Å². The third-order valence-electron chi connectivity index (χ3n) is 5.92. The van der Waals surface area contributed by atoms with Crippen LogP contribution in [0.5, 0.6) is 0 Å². The van der Waals surface area contributed by atoms with Gasteiger partial charge < -0.3 is 9.64 Å². The van der Waals surface area contributed by atoms with Crippen LogP contribution in [0.3, 0.4) is 0 Å². The summed E-state index contributed by atoms with van der Waals surface area (Å²) in [5, 5.41) is 4.78. The van der Waals surface area contributed by atoms with E-state index in [1.54, 1.807) is 38.7 Å². The molecule has 3 aliphatic rings. The van der Waals surface area contributed by atoms with Crippen LogP contribution in [0.15, 0.2) is 6.20 Å². The van der Waals surface area contributed by atoms with Crippen LogP contribution in [0.4, 0.5) is 9.59 Å². The third kappa shape index (κ3) is 5.34. The molecule has 4 rings (SSSR count). The summed E-state index contributed by atoms with van der Waals surface area (Å²) in [4.78, 5) is 46.4. The topological polar surface area (TPSA) is 173 Å². The zero-order valence-electron chi connectivity index (χ0n) is 19.7. The molecule has 4 heterocycles. The van der Waals surface area contributed by atoms with Crippen molar-refractivity contribution in [1.29, 1.82) is 0 Å². The van der Waals surface area contributed by atoms with Gasteiger partial charge in [0.15, 0.2) is 0 Å². The smallest absolute Gasteiger partial charge is 0.418 e. The number of piperidine rings is 1. The number of nitrogens with zero attached hydrogens (tertiary/aromatic N) is 5. The van der Waals surface area contributed by atoms with Crippen LogP contribution < -0.4 is 5.48 Å². The maximum atomic E-state index is 12.9. The van der Waals surface area contributed by atoms with E-state index in [9.17, 15) is 22.8 Å². The first-order valence-electron chi connectivity index (χ1n) is 10.9. The number of ether oxygens (including phenoxy) is 1. The molecule has 15 nitrogen and oxygen atoms in total. The number of nitrogens with one attached hydrogen (secondary N) is 1. The van der Waals surface area contributed by atoms with Crippen molar-refractivity contribution < 1.29 is 41.2 Å². The number of fused-ring (bicyclic) bond motifs is 3. The van der Waals surface area contributed by atoms with Crippen molar-refractivity contribution in [2.45, 2.75) is 63.9 Å². The fraction of sp³-hybridized carbons (Fsp3) is 0.684. The van der Waals surface area contributed by atoms with Gasteiger partial charge in [0, 0.05) is 19.2 Å². The van der Waals surface area contributed by atoms with Crippen LogP contribution in [-0.4, -0.2) is 86.4 Å². The lowest BCUT2D eigenvalue weighted by Crippen LogP contribution is -2.50. The molecule has 0 radical (unpaired) electrons. The molecular formula is C19H28N6O9S. The molecule has 2 bridgehead atoms. The predicted molar refractivity (Wildman–Crippen MR) is 115 cm³/mol. The Hall–Kier alpha value is -2.95. The van der Waals surface area contributed by atoms with Crippen LogP contribution in [0.25, 0.3) is 0 Å². The fourth-order valence-corrected chi connectivity index (χ4v) is 4.74. The van der Waals surface area contributed by atoms with Gasteiger partial charge in [0.05, 0.1) is 31.0 Å². The zero-order valence-corrected chi connectivity index (χ0v) is 20.5. The summed E-state index contributed by atoms with van der Waals surface area (Å²) in [7, 11) is -3.16. The lowest BCUT2D eigenvalue weighted by Gasteiger charge is -2.34. The number of hydroxylamine groups is 3. The van der Waals surface area contributed by atoms with Gasteiger partial charge in [-0.3, -0.25) is 23.8 Å². The number of aryl methyl sites for hydroxylation is 1. The van der Waals surface area contributed by atoms with Crippen LogP contribution in [0.1, 0.15) is 51.0 Å². The lowest BCUT2D eigenvalue weighted by atomic mass is 10.0. The van der Waals surface area contributed by atoms with Gasteiger partial charge >= 0.3 is 22.5 Å². The Bertz CT molecular complexity index is 1130. The summed E-state index contributed by atoms with van der Waals surface area (Å²) >= 11 is 0. The summed E-state index contributed by atoms with van der Waals surface area (Å²) in [6, 6.07) is -2.41. The molecule has 16 heteroatoms. The highest BCUT2D eigenvalue weighted by Gasteiger charge is 2.49. The van der Waals surface area contributed by atoms with Crippen molar-refractivity contribution in [1.82, 2.24) is 30.1 Å². The van der Waals surface area contributed by atoms with Gasteiger partial charge in [-0.1, -0.05) is 0 Å². The Morgan fingerprint density at radius 2 is 1.94 bits per heavy atom. The van der Waals surface area contributed by atoms with Gasteiger partial charge in [0.2, 0.25) is 0 Å². The van der Waals surface area contributed by atoms with Crippen LogP contribution in [0.2, 0.25) is 0 Å². The number of carbonyl (C=O) groups excluding carboxylic acids is 3. The second-order valence-corrected chi connectivity index (χ2v) is 10.6. The maximum absolute atomic E-state index is 12.9. The van der Waals surface area contributed by atoms with Gasteiger partial charge in [-0.05, 0) is 33.6 Å². The number of hydrogen-bond donors (Lipinski definition) is 2. The van der Waals surface area contributed by atoms with E-state index in [4.69, 9.17) is 14.1 Å². The Balaban J connectivity index is 1.43. The molecule has 35 heavy (non-hydrogen) atoms. The molecule has 1 aromatic heterocycles. The van der Waals surface area contributed by atoms with E-state index < -0.39 is 52.2 Å². The summed E-state index contributed by atoms with van der Waals surface area (Å²) < 4.78 is 42.4. The van der Waals surface area contributed by atoms with E-state index in [1.165, 1.54) is 4.90 Å². The molecule has 0 aliphatic carbocycles. The van der Waals surface area contributed by atoms with E-state index in [1.807, 2.05) is 0 Å². The van der Waals surface area contributed by atoms with Crippen molar-refractivity contribution in [2.24, 2.45) is 7.05 Å². The number of amides is 4. The summed E-state index contributed by atoms with van der Waals surface area (Å²) in [5.74, 6) is -0.620. The van der Waals surface area contributed by atoms with Gasteiger partial charge in [0.1, 0.15) is 17.7 Å². The molecule has 0 spiro atoms. The number of carbonyl (C=O) groups is 3. The second-order valence-electron chi connectivity index (χ2n) is 9.61. The Kier molecular flexibility index (Phi) is 6.41. The zero-order chi connectivity index (χ0) is 25.7. The molecule has 194 valence electrons. The molecule has 1 unspecified atom stereocenters. The molecule has 3 aliphatic heterocycles. The second kappa shape index (κ2) is 8.92. The van der Waals surface area contributed by atoms with Gasteiger partial charge in [-0.25, -0.2) is 15.1 Å². The van der Waals surface area contributed by atoms with Crippen LogP contribution in [-0.2, 0) is 42.6 Å². The minimum atomic E-state index is -4.89. The number of rotatable bonds is 5. The fourth-order valence-electron chi connectivity index (χ4n) is 4.35. The van der Waals surface area contributed by atoms with E-state index in [0.717, 1.165) is 10.6 Å². The summed E-state index contributed by atoms with van der Waals surface area (Å²) in [5.41, 5.74) is 3.09. The quantitative estimate of drug-likeness (QED) is 0.408. The summed E-state index contributed by atoms with van der Waals surface area (Å²) in [6.45, 7) is 5.68. The monoisotopic (exact) mass is 516 g/mol. The number of urea groups is 1. The first-order valence-corrected chi connectivity index (χ1v) is 12.3. The molecule has 0 saturated carbocycles. The highest BCUT2D eigenvalue weighted by Crippen LogP contribution is 2.32.